The van der Waals surface area contributed by atoms with E-state index in [1.54, 1.807) is 12.3 Å². The van der Waals surface area contributed by atoms with Gasteiger partial charge in [-0.05, 0) is 6.92 Å². The van der Waals surface area contributed by atoms with Crippen LogP contribution in [0.25, 0.3) is 0 Å². The van der Waals surface area contributed by atoms with Gasteiger partial charge in [0, 0.05) is 11.6 Å². The molecule has 1 N–H and O–H groups in total. The molecule has 1 amide bonds. The van der Waals surface area contributed by atoms with E-state index in [9.17, 15) is 9.59 Å². The first-order valence-corrected chi connectivity index (χ1v) is 4.81. The van der Waals surface area contributed by atoms with E-state index in [1.807, 2.05) is 0 Å². The van der Waals surface area contributed by atoms with Gasteiger partial charge in [0.25, 0.3) is 5.91 Å². The molecule has 0 bridgehead atoms. The minimum absolute atomic E-state index is 0.334. The summed E-state index contributed by atoms with van der Waals surface area (Å²) in [6.45, 7) is 1.55. The highest BCUT2D eigenvalue weighted by Gasteiger charge is 2.17. The van der Waals surface area contributed by atoms with Crippen molar-refractivity contribution in [2.45, 2.75) is 13.0 Å². The second-order valence-electron chi connectivity index (χ2n) is 2.56. The van der Waals surface area contributed by atoms with Crippen LogP contribution >= 0.6 is 11.3 Å². The summed E-state index contributed by atoms with van der Waals surface area (Å²) in [5, 5.41) is 4.49. The molecule has 1 atom stereocenters. The first-order valence-electron chi connectivity index (χ1n) is 3.93. The number of aromatic nitrogens is 1. The summed E-state index contributed by atoms with van der Waals surface area (Å²) in [6, 6.07) is -0.656. The minimum Gasteiger partial charge on any atom is -0.467 e. The van der Waals surface area contributed by atoms with Gasteiger partial charge in [0.15, 0.2) is 5.01 Å². The van der Waals surface area contributed by atoms with Crippen LogP contribution in [0.15, 0.2) is 11.6 Å². The van der Waals surface area contributed by atoms with Crippen LogP contribution in [0.3, 0.4) is 0 Å². The Morgan fingerprint density at radius 1 is 1.64 bits per heavy atom. The Morgan fingerprint density at radius 3 is 2.86 bits per heavy atom. The van der Waals surface area contributed by atoms with E-state index >= 15 is 0 Å². The maximum Gasteiger partial charge on any atom is 0.328 e. The van der Waals surface area contributed by atoms with Gasteiger partial charge in [-0.15, -0.1) is 11.3 Å². The largest absolute Gasteiger partial charge is 0.467 e. The molecule has 1 heterocycles. The lowest BCUT2D eigenvalue weighted by Crippen LogP contribution is -2.39. The zero-order valence-corrected chi connectivity index (χ0v) is 8.63. The number of rotatable bonds is 3. The average molecular weight is 214 g/mol. The lowest BCUT2D eigenvalue weighted by molar-refractivity contribution is -0.142. The van der Waals surface area contributed by atoms with Gasteiger partial charge in [-0.1, -0.05) is 0 Å². The maximum absolute atomic E-state index is 11.4. The predicted octanol–water partition coefficient (Wildman–Crippen LogP) is 0.434. The molecule has 1 rings (SSSR count). The molecule has 0 saturated heterocycles. The fourth-order valence-electron chi connectivity index (χ4n) is 0.830. The fraction of sp³-hybridized carbons (Fsp3) is 0.375. The van der Waals surface area contributed by atoms with Crippen LogP contribution in [0.2, 0.25) is 0 Å². The van der Waals surface area contributed by atoms with Crippen molar-refractivity contribution in [2.24, 2.45) is 0 Å². The molecular formula is C8H10N2O3S. The van der Waals surface area contributed by atoms with Gasteiger partial charge in [-0.25, -0.2) is 9.78 Å². The van der Waals surface area contributed by atoms with Crippen molar-refractivity contribution in [1.29, 1.82) is 0 Å². The Hall–Kier alpha value is -1.43. The molecule has 6 heteroatoms. The Kier molecular flexibility index (Phi) is 3.58. The lowest BCUT2D eigenvalue weighted by atomic mass is 10.3. The Morgan fingerprint density at radius 2 is 2.36 bits per heavy atom. The van der Waals surface area contributed by atoms with E-state index in [4.69, 9.17) is 0 Å². The molecule has 0 fully saturated rings. The highest BCUT2D eigenvalue weighted by Crippen LogP contribution is 2.03. The molecule has 0 aliphatic rings. The monoisotopic (exact) mass is 214 g/mol. The van der Waals surface area contributed by atoms with Crippen molar-refractivity contribution >= 4 is 23.2 Å². The second-order valence-corrected chi connectivity index (χ2v) is 3.45. The molecule has 76 valence electrons. The highest BCUT2D eigenvalue weighted by molar-refractivity contribution is 7.11. The first-order chi connectivity index (χ1) is 6.65. The van der Waals surface area contributed by atoms with E-state index in [1.165, 1.54) is 24.6 Å². The van der Waals surface area contributed by atoms with Crippen molar-refractivity contribution < 1.29 is 14.3 Å². The topological polar surface area (TPSA) is 68.3 Å². The Bertz CT molecular complexity index is 323. The maximum atomic E-state index is 11.4. The van der Waals surface area contributed by atoms with Crippen LogP contribution in [0.4, 0.5) is 0 Å². The van der Waals surface area contributed by atoms with Gasteiger partial charge in [-0.2, -0.15) is 0 Å². The number of hydrogen-bond donors (Lipinski definition) is 1. The van der Waals surface area contributed by atoms with E-state index in [0.717, 1.165) is 0 Å². The molecule has 0 aliphatic carbocycles. The van der Waals surface area contributed by atoms with Gasteiger partial charge in [-0.3, -0.25) is 4.79 Å². The summed E-state index contributed by atoms with van der Waals surface area (Å²) in [6.07, 6.45) is 1.53. The van der Waals surface area contributed by atoms with Gasteiger partial charge in [0.2, 0.25) is 0 Å². The van der Waals surface area contributed by atoms with Crippen LogP contribution in [-0.4, -0.2) is 30.0 Å². The average Bonchev–Trinajstić information content (AvgIpc) is 2.69. The van der Waals surface area contributed by atoms with Crippen molar-refractivity contribution in [3.05, 3.63) is 16.6 Å². The Labute approximate surface area is 85.1 Å². The van der Waals surface area contributed by atoms with E-state index in [2.05, 4.69) is 15.0 Å². The second kappa shape index (κ2) is 4.71. The number of nitrogens with zero attached hydrogens (tertiary/aromatic N) is 1. The molecule has 1 aromatic heterocycles. The molecule has 1 unspecified atom stereocenters. The van der Waals surface area contributed by atoms with E-state index < -0.39 is 12.0 Å². The van der Waals surface area contributed by atoms with Crippen LogP contribution < -0.4 is 5.32 Å². The van der Waals surface area contributed by atoms with Crippen LogP contribution in [-0.2, 0) is 9.53 Å². The fourth-order valence-corrected chi connectivity index (χ4v) is 1.37. The zero-order chi connectivity index (χ0) is 10.6. The number of thiazole rings is 1. The quantitative estimate of drug-likeness (QED) is 0.741. The van der Waals surface area contributed by atoms with Crippen LogP contribution in [0, 0.1) is 0 Å². The number of hydrogen-bond acceptors (Lipinski definition) is 5. The van der Waals surface area contributed by atoms with Gasteiger partial charge in [0.1, 0.15) is 6.04 Å². The molecular weight excluding hydrogens is 204 g/mol. The number of esters is 1. The smallest absolute Gasteiger partial charge is 0.328 e. The van der Waals surface area contributed by atoms with Crippen molar-refractivity contribution in [3.63, 3.8) is 0 Å². The number of nitrogens with one attached hydrogen (secondary N) is 1. The molecule has 0 spiro atoms. The lowest BCUT2D eigenvalue weighted by Gasteiger charge is -2.09. The van der Waals surface area contributed by atoms with Crippen molar-refractivity contribution in [2.75, 3.05) is 7.11 Å². The summed E-state index contributed by atoms with van der Waals surface area (Å²) in [5.41, 5.74) is 0. The molecule has 14 heavy (non-hydrogen) atoms. The standard InChI is InChI=1S/C8H10N2O3S/c1-5(8(12)13-2)10-6(11)7-9-3-4-14-7/h3-5H,1-2H3,(H,10,11). The third-order valence-corrected chi connectivity index (χ3v) is 2.30. The third kappa shape index (κ3) is 2.53. The summed E-state index contributed by atoms with van der Waals surface area (Å²) >= 11 is 1.22. The van der Waals surface area contributed by atoms with E-state index in [0.29, 0.717) is 5.01 Å². The van der Waals surface area contributed by atoms with Crippen molar-refractivity contribution in [3.8, 4) is 0 Å². The molecule has 0 aliphatic heterocycles. The summed E-state index contributed by atoms with van der Waals surface area (Å²) in [7, 11) is 1.27. The van der Waals surface area contributed by atoms with Gasteiger partial charge < -0.3 is 10.1 Å². The minimum atomic E-state index is -0.656. The van der Waals surface area contributed by atoms with Crippen LogP contribution in [0.1, 0.15) is 16.7 Å². The summed E-state index contributed by atoms with van der Waals surface area (Å²) in [4.78, 5) is 26.1. The number of amides is 1. The summed E-state index contributed by atoms with van der Waals surface area (Å²) < 4.78 is 4.46. The highest BCUT2D eigenvalue weighted by atomic mass is 32.1. The Balaban J connectivity index is 2.53. The molecule has 1 aromatic rings. The number of methoxy groups -OCH3 is 1. The van der Waals surface area contributed by atoms with E-state index in [-0.39, 0.29) is 5.91 Å². The first kappa shape index (κ1) is 10.6. The zero-order valence-electron chi connectivity index (χ0n) is 7.81. The number of carbonyl (C=O) groups excluding carboxylic acids is 2. The summed E-state index contributed by atoms with van der Waals surface area (Å²) in [5.74, 6) is -0.840. The molecule has 0 radical (unpaired) electrons. The molecule has 5 nitrogen and oxygen atoms in total. The predicted molar refractivity (Wildman–Crippen MR) is 51.1 cm³/mol. The number of ether oxygens (including phenoxy) is 1. The van der Waals surface area contributed by atoms with Gasteiger partial charge in [0.05, 0.1) is 7.11 Å². The van der Waals surface area contributed by atoms with Crippen molar-refractivity contribution in [1.82, 2.24) is 10.3 Å². The third-order valence-electron chi connectivity index (χ3n) is 1.53. The van der Waals surface area contributed by atoms with Gasteiger partial charge >= 0.3 is 5.97 Å². The van der Waals surface area contributed by atoms with Crippen LogP contribution in [0.5, 0.6) is 0 Å². The number of carbonyl (C=O) groups is 2. The SMILES string of the molecule is COC(=O)C(C)NC(=O)c1nccs1. The molecule has 0 saturated carbocycles. The normalized spacial score (nSPS) is 11.9. The molecule has 0 aromatic carbocycles.